The van der Waals surface area contributed by atoms with Gasteiger partial charge in [-0.2, -0.15) is 11.8 Å². The molecule has 0 aromatic heterocycles. The standard InChI is InChI=1S/C10H23N3S/c1-12-4-6-13(7-5-12)9-10(11)3-8-14-2/h10H,3-9,11H2,1-2H3/t10-/m1/s1. The van der Waals surface area contributed by atoms with E-state index in [2.05, 4.69) is 23.1 Å². The van der Waals surface area contributed by atoms with Gasteiger partial charge in [-0.05, 0) is 25.5 Å². The van der Waals surface area contributed by atoms with E-state index < -0.39 is 0 Å². The van der Waals surface area contributed by atoms with Crippen molar-refractivity contribution in [2.45, 2.75) is 12.5 Å². The highest BCUT2D eigenvalue weighted by atomic mass is 32.2. The van der Waals surface area contributed by atoms with Crippen molar-refractivity contribution >= 4 is 11.8 Å². The molecule has 0 saturated carbocycles. The van der Waals surface area contributed by atoms with Crippen LogP contribution in [0.1, 0.15) is 6.42 Å². The van der Waals surface area contributed by atoms with Gasteiger partial charge < -0.3 is 10.6 Å². The van der Waals surface area contributed by atoms with Crippen molar-refractivity contribution in [3.05, 3.63) is 0 Å². The Hall–Kier alpha value is 0.230. The normalized spacial score (nSPS) is 22.5. The molecule has 1 aliphatic heterocycles. The number of nitrogens with two attached hydrogens (primary N) is 1. The summed E-state index contributed by atoms with van der Waals surface area (Å²) >= 11 is 1.89. The van der Waals surface area contributed by atoms with E-state index >= 15 is 0 Å². The zero-order valence-electron chi connectivity index (χ0n) is 9.41. The van der Waals surface area contributed by atoms with Crippen molar-refractivity contribution in [3.8, 4) is 0 Å². The van der Waals surface area contributed by atoms with E-state index in [0.717, 1.165) is 13.0 Å². The van der Waals surface area contributed by atoms with E-state index in [4.69, 9.17) is 5.73 Å². The SMILES string of the molecule is CSCC[C@@H](N)CN1CCN(C)CC1. The van der Waals surface area contributed by atoms with Crippen LogP contribution < -0.4 is 5.73 Å². The summed E-state index contributed by atoms with van der Waals surface area (Å²) in [6.45, 7) is 5.83. The molecule has 0 aliphatic carbocycles. The Bertz CT molecular complexity index is 146. The molecule has 4 heteroatoms. The topological polar surface area (TPSA) is 32.5 Å². The van der Waals surface area contributed by atoms with Gasteiger partial charge in [-0.3, -0.25) is 4.90 Å². The van der Waals surface area contributed by atoms with Crippen LogP contribution in [0, 0.1) is 0 Å². The van der Waals surface area contributed by atoms with Crippen LogP contribution in [-0.2, 0) is 0 Å². The Balaban J connectivity index is 2.10. The predicted octanol–water partition coefficient (Wildman–Crippen LogP) is 0.314. The molecule has 2 N–H and O–H groups in total. The highest BCUT2D eigenvalue weighted by Crippen LogP contribution is 2.03. The summed E-state index contributed by atoms with van der Waals surface area (Å²) in [7, 11) is 2.19. The molecule has 1 fully saturated rings. The number of piperazine rings is 1. The van der Waals surface area contributed by atoms with Gasteiger partial charge in [-0.25, -0.2) is 0 Å². The van der Waals surface area contributed by atoms with E-state index in [0.29, 0.717) is 6.04 Å². The van der Waals surface area contributed by atoms with Crippen molar-refractivity contribution in [3.63, 3.8) is 0 Å². The Kier molecular flexibility index (Phi) is 5.86. The minimum atomic E-state index is 0.367. The maximum atomic E-state index is 6.06. The summed E-state index contributed by atoms with van der Waals surface area (Å²) in [5, 5.41) is 0. The van der Waals surface area contributed by atoms with Gasteiger partial charge in [0.15, 0.2) is 0 Å². The molecular weight excluding hydrogens is 194 g/mol. The molecule has 1 saturated heterocycles. The first-order chi connectivity index (χ1) is 6.72. The second-order valence-electron chi connectivity index (χ2n) is 4.15. The lowest BCUT2D eigenvalue weighted by atomic mass is 10.2. The molecule has 1 rings (SSSR count). The van der Waals surface area contributed by atoms with Gasteiger partial charge in [0.2, 0.25) is 0 Å². The van der Waals surface area contributed by atoms with Crippen molar-refractivity contribution in [1.29, 1.82) is 0 Å². The fraction of sp³-hybridized carbons (Fsp3) is 1.00. The van der Waals surface area contributed by atoms with E-state index in [1.807, 2.05) is 11.8 Å². The molecule has 3 nitrogen and oxygen atoms in total. The first-order valence-electron chi connectivity index (χ1n) is 5.38. The van der Waals surface area contributed by atoms with E-state index in [-0.39, 0.29) is 0 Å². The van der Waals surface area contributed by atoms with Gasteiger partial charge >= 0.3 is 0 Å². The van der Waals surface area contributed by atoms with Crippen LogP contribution in [-0.4, -0.2) is 67.6 Å². The minimum absolute atomic E-state index is 0.367. The molecule has 0 spiro atoms. The van der Waals surface area contributed by atoms with E-state index in [1.165, 1.54) is 31.9 Å². The zero-order valence-corrected chi connectivity index (χ0v) is 10.2. The predicted molar refractivity (Wildman–Crippen MR) is 64.9 cm³/mol. The third-order valence-corrected chi connectivity index (χ3v) is 3.43. The van der Waals surface area contributed by atoms with E-state index in [1.54, 1.807) is 0 Å². The summed E-state index contributed by atoms with van der Waals surface area (Å²) in [5.74, 6) is 1.19. The number of nitrogens with zero attached hydrogens (tertiary/aromatic N) is 2. The summed E-state index contributed by atoms with van der Waals surface area (Å²) < 4.78 is 0. The Morgan fingerprint density at radius 2 is 1.93 bits per heavy atom. The molecule has 0 aromatic rings. The number of hydrogen-bond acceptors (Lipinski definition) is 4. The smallest absolute Gasteiger partial charge is 0.0175 e. The lowest BCUT2D eigenvalue weighted by Crippen LogP contribution is -2.48. The van der Waals surface area contributed by atoms with Crippen LogP contribution in [0.5, 0.6) is 0 Å². The van der Waals surface area contributed by atoms with Crippen LogP contribution in [0.25, 0.3) is 0 Å². The van der Waals surface area contributed by atoms with Crippen LogP contribution >= 0.6 is 11.8 Å². The third-order valence-electron chi connectivity index (χ3n) is 2.78. The molecule has 14 heavy (non-hydrogen) atoms. The maximum Gasteiger partial charge on any atom is 0.0175 e. The van der Waals surface area contributed by atoms with Gasteiger partial charge in [0, 0.05) is 38.8 Å². The molecule has 0 amide bonds. The molecule has 0 unspecified atom stereocenters. The quantitative estimate of drug-likeness (QED) is 0.719. The maximum absolute atomic E-state index is 6.06. The number of likely N-dealkylation sites (N-methyl/N-ethyl adjacent to an activating group) is 1. The van der Waals surface area contributed by atoms with E-state index in [9.17, 15) is 0 Å². The van der Waals surface area contributed by atoms with Crippen molar-refractivity contribution in [1.82, 2.24) is 9.80 Å². The Labute approximate surface area is 92.0 Å². The average Bonchev–Trinajstić information content (AvgIpc) is 2.18. The molecular formula is C10H23N3S. The molecule has 0 aromatic carbocycles. The second kappa shape index (κ2) is 6.67. The Morgan fingerprint density at radius 1 is 1.29 bits per heavy atom. The number of hydrogen-bond donors (Lipinski definition) is 1. The lowest BCUT2D eigenvalue weighted by molar-refractivity contribution is 0.147. The van der Waals surface area contributed by atoms with Crippen molar-refractivity contribution < 1.29 is 0 Å². The molecule has 1 heterocycles. The number of rotatable bonds is 5. The first-order valence-corrected chi connectivity index (χ1v) is 6.77. The summed E-state index contributed by atoms with van der Waals surface area (Å²) in [6, 6.07) is 0.367. The molecule has 84 valence electrons. The number of thioether (sulfide) groups is 1. The third kappa shape index (κ3) is 4.64. The summed E-state index contributed by atoms with van der Waals surface area (Å²) in [5.41, 5.74) is 6.06. The summed E-state index contributed by atoms with van der Waals surface area (Å²) in [6.07, 6.45) is 3.29. The largest absolute Gasteiger partial charge is 0.327 e. The fourth-order valence-electron chi connectivity index (χ4n) is 1.72. The fourth-order valence-corrected chi connectivity index (χ4v) is 2.26. The highest BCUT2D eigenvalue weighted by molar-refractivity contribution is 7.98. The van der Waals surface area contributed by atoms with Crippen LogP contribution in [0.15, 0.2) is 0 Å². The van der Waals surface area contributed by atoms with Gasteiger partial charge in [-0.15, -0.1) is 0 Å². The molecule has 0 bridgehead atoms. The zero-order chi connectivity index (χ0) is 10.4. The van der Waals surface area contributed by atoms with Crippen LogP contribution in [0.4, 0.5) is 0 Å². The van der Waals surface area contributed by atoms with Crippen LogP contribution in [0.3, 0.4) is 0 Å². The minimum Gasteiger partial charge on any atom is -0.327 e. The summed E-state index contributed by atoms with van der Waals surface area (Å²) in [4.78, 5) is 4.87. The highest BCUT2D eigenvalue weighted by Gasteiger charge is 2.15. The van der Waals surface area contributed by atoms with Crippen molar-refractivity contribution in [2.24, 2.45) is 5.73 Å². The monoisotopic (exact) mass is 217 g/mol. The molecule has 1 atom stereocenters. The van der Waals surface area contributed by atoms with Gasteiger partial charge in [0.1, 0.15) is 0 Å². The second-order valence-corrected chi connectivity index (χ2v) is 5.13. The van der Waals surface area contributed by atoms with Gasteiger partial charge in [0.05, 0.1) is 0 Å². The molecule has 1 aliphatic rings. The van der Waals surface area contributed by atoms with Gasteiger partial charge in [0.25, 0.3) is 0 Å². The Morgan fingerprint density at radius 3 is 2.50 bits per heavy atom. The first kappa shape index (κ1) is 12.3. The van der Waals surface area contributed by atoms with Crippen LogP contribution in [0.2, 0.25) is 0 Å². The lowest BCUT2D eigenvalue weighted by Gasteiger charge is -2.33. The average molecular weight is 217 g/mol. The van der Waals surface area contributed by atoms with Crippen molar-refractivity contribution in [2.75, 3.05) is 51.8 Å². The van der Waals surface area contributed by atoms with Gasteiger partial charge in [-0.1, -0.05) is 0 Å². The molecule has 0 radical (unpaired) electrons.